The second-order valence-corrected chi connectivity index (χ2v) is 13.9. The first-order valence-corrected chi connectivity index (χ1v) is 18.4. The van der Waals surface area contributed by atoms with Crippen molar-refractivity contribution in [3.63, 3.8) is 0 Å². The molecule has 0 spiro atoms. The minimum atomic E-state index is -1.47. The number of guanidine groups is 1. The van der Waals surface area contributed by atoms with Crippen molar-refractivity contribution in [3.8, 4) is 0 Å². The van der Waals surface area contributed by atoms with Gasteiger partial charge in [-0.25, -0.2) is 0 Å². The minimum absolute atomic E-state index is 0.00242. The van der Waals surface area contributed by atoms with Gasteiger partial charge in [-0.3, -0.25) is 45.2 Å². The summed E-state index contributed by atoms with van der Waals surface area (Å²) >= 11 is 0. The summed E-state index contributed by atoms with van der Waals surface area (Å²) in [4.78, 5) is 98.5. The quantitative estimate of drug-likeness (QED) is 0.0420. The Morgan fingerprint density at radius 2 is 1.46 bits per heavy atom. The molecule has 1 aromatic carbocycles. The van der Waals surface area contributed by atoms with Crippen molar-refractivity contribution in [1.82, 2.24) is 30.7 Å². The number of aliphatic hydroxyl groups excluding tert-OH is 1. The van der Waals surface area contributed by atoms with Crippen molar-refractivity contribution in [2.45, 2.75) is 94.0 Å². The highest BCUT2D eigenvalue weighted by Crippen LogP contribution is 2.26. The van der Waals surface area contributed by atoms with Gasteiger partial charge >= 0.3 is 5.96 Å². The number of carboxylic acid groups (broad SMARTS) is 1. The van der Waals surface area contributed by atoms with E-state index in [0.29, 0.717) is 70.1 Å². The fourth-order valence-electron chi connectivity index (χ4n) is 7.24. The third-order valence-electron chi connectivity index (χ3n) is 10.0. The zero-order valence-corrected chi connectivity index (χ0v) is 30.4. The standard InChI is InChI=1S/C35H52N10O9/c36-22(10-4-14-39-35(37)38)31(50)44-16-6-12-26(44)33(52)43-15-5-11-25(43)30(49)40-19-28(47)41-23(18-21-8-2-1-3-9-21)29(48)42-24(20-46)32(51)45-17-7-13-27(45)34(53)54/h1-3,8-9,22-27,46H,4-7,10-20,36H2,(H,40,49)(H,41,47)(H,42,48)(H,53,54)(H4,37,38,39)/p+1/t22-,23-,24-,25-,26-,27-/m0/s1. The molecule has 1 aromatic rings. The number of quaternary nitrogens is 1. The molecular formula is C35H53N10O9+. The Labute approximate surface area is 313 Å². The van der Waals surface area contributed by atoms with Crippen LogP contribution in [0.3, 0.4) is 0 Å². The third kappa shape index (κ3) is 10.9. The number of aliphatic hydroxyl groups is 1. The highest BCUT2D eigenvalue weighted by Gasteiger charge is 2.43. The summed E-state index contributed by atoms with van der Waals surface area (Å²) in [5.41, 5.74) is 15.5. The molecule has 3 aliphatic rings. The Balaban J connectivity index is 1.35. The second kappa shape index (κ2) is 19.7. The van der Waals surface area contributed by atoms with Crippen LogP contribution in [0.25, 0.3) is 0 Å². The lowest BCUT2D eigenvalue weighted by Gasteiger charge is -2.31. The van der Waals surface area contributed by atoms with Gasteiger partial charge in [0.1, 0.15) is 24.2 Å². The molecule has 4 rings (SSSR count). The van der Waals surface area contributed by atoms with Crippen LogP contribution in [0.1, 0.15) is 56.9 Å². The number of benzene rings is 1. The summed E-state index contributed by atoms with van der Waals surface area (Å²) in [7, 11) is 0. The van der Waals surface area contributed by atoms with Gasteiger partial charge in [0.05, 0.1) is 31.7 Å². The number of hydrogen-bond donors (Lipinski definition) is 8. The predicted octanol–water partition coefficient (Wildman–Crippen LogP) is -7.23. The first-order valence-electron chi connectivity index (χ1n) is 18.4. The van der Waals surface area contributed by atoms with Gasteiger partial charge in [0.15, 0.2) is 6.04 Å². The normalized spacial score (nSPS) is 21.1. The summed E-state index contributed by atoms with van der Waals surface area (Å²) in [6.07, 6.45) is 3.65. The number of carbonyl (C=O) groups is 7. The molecule has 3 fully saturated rings. The van der Waals surface area contributed by atoms with Gasteiger partial charge in [0, 0.05) is 32.5 Å². The largest absolute Gasteiger partial charge is 0.548 e. The number of likely N-dealkylation sites (tertiary alicyclic amines) is 3. The van der Waals surface area contributed by atoms with Gasteiger partial charge in [0.2, 0.25) is 29.5 Å². The van der Waals surface area contributed by atoms with E-state index in [9.17, 15) is 43.8 Å². The summed E-state index contributed by atoms with van der Waals surface area (Å²) < 4.78 is 0. The van der Waals surface area contributed by atoms with Crippen LogP contribution in [0.4, 0.5) is 0 Å². The zero-order valence-electron chi connectivity index (χ0n) is 30.4. The van der Waals surface area contributed by atoms with Crippen molar-refractivity contribution in [2.75, 3.05) is 39.3 Å². The van der Waals surface area contributed by atoms with Crippen LogP contribution in [0, 0.1) is 0 Å². The maximum Gasteiger partial charge on any atom is 0.338 e. The van der Waals surface area contributed by atoms with Crippen molar-refractivity contribution < 1.29 is 54.5 Å². The molecular weight excluding hydrogens is 704 g/mol. The molecule has 0 aromatic heterocycles. The van der Waals surface area contributed by atoms with Crippen molar-refractivity contribution in [1.29, 1.82) is 0 Å². The molecule has 0 bridgehead atoms. The van der Waals surface area contributed by atoms with E-state index in [1.54, 1.807) is 30.3 Å². The molecule has 0 aliphatic carbocycles. The van der Waals surface area contributed by atoms with Crippen LogP contribution in [0.2, 0.25) is 0 Å². The van der Waals surface area contributed by atoms with Gasteiger partial charge in [-0.2, -0.15) is 0 Å². The number of aliphatic carboxylic acids is 1. The predicted molar refractivity (Wildman–Crippen MR) is 188 cm³/mol. The van der Waals surface area contributed by atoms with Gasteiger partial charge in [-0.1, -0.05) is 30.3 Å². The Bertz CT molecular complexity index is 1560. The Hall–Kier alpha value is -5.30. The lowest BCUT2D eigenvalue weighted by Crippen LogP contribution is -2.78. The SMILES string of the molecule is NC(N)=[NH+]CCC[C@H]([NH3+])C(=O)N1CCC[C@H]1C(=O)N1CCC[C@H]1C(=O)NCC(=O)N[C@@H](Cc1ccccc1)C(=O)N[C@@H](CO)C(=O)N1CCC[C@H]1C(=O)[O-]. The van der Waals surface area contributed by atoms with E-state index in [1.807, 2.05) is 0 Å². The smallest absolute Gasteiger partial charge is 0.338 e. The Morgan fingerprint density at radius 3 is 2.09 bits per heavy atom. The van der Waals surface area contributed by atoms with E-state index in [1.165, 1.54) is 9.80 Å². The second-order valence-electron chi connectivity index (χ2n) is 13.9. The van der Waals surface area contributed by atoms with Crippen LogP contribution in [0.15, 0.2) is 30.3 Å². The average molecular weight is 758 g/mol. The summed E-state index contributed by atoms with van der Waals surface area (Å²) in [6.45, 7) is -0.0364. The van der Waals surface area contributed by atoms with Crippen molar-refractivity contribution in [2.24, 2.45) is 11.5 Å². The molecule has 296 valence electrons. The molecule has 6 amide bonds. The topological polar surface area (TPSA) is 302 Å². The lowest BCUT2D eigenvalue weighted by atomic mass is 10.0. The minimum Gasteiger partial charge on any atom is -0.548 e. The van der Waals surface area contributed by atoms with Crippen LogP contribution in [-0.2, 0) is 40.0 Å². The number of carboxylic acids is 1. The molecule has 19 nitrogen and oxygen atoms in total. The lowest BCUT2D eigenvalue weighted by molar-refractivity contribution is -0.463. The van der Waals surface area contributed by atoms with Crippen molar-refractivity contribution in [3.05, 3.63) is 35.9 Å². The van der Waals surface area contributed by atoms with E-state index in [0.717, 1.165) is 4.90 Å². The fraction of sp³-hybridized carbons (Fsp3) is 0.600. The number of nitrogens with zero attached hydrogens (tertiary/aromatic N) is 3. The molecule has 3 aliphatic heterocycles. The molecule has 0 saturated carbocycles. The van der Waals surface area contributed by atoms with Gasteiger partial charge in [-0.05, 0) is 50.5 Å². The maximum absolute atomic E-state index is 13.8. The van der Waals surface area contributed by atoms with E-state index in [4.69, 9.17) is 11.5 Å². The molecule has 0 unspecified atom stereocenters. The summed E-state index contributed by atoms with van der Waals surface area (Å²) in [5.74, 6) is -4.81. The van der Waals surface area contributed by atoms with Crippen LogP contribution in [0.5, 0.6) is 0 Å². The van der Waals surface area contributed by atoms with Crippen LogP contribution >= 0.6 is 0 Å². The molecule has 0 radical (unpaired) electrons. The van der Waals surface area contributed by atoms with E-state index >= 15 is 0 Å². The number of rotatable bonds is 17. The number of hydrogen-bond acceptors (Lipinski definition) is 9. The molecule has 19 heteroatoms. The number of nitrogens with one attached hydrogen (secondary N) is 4. The zero-order chi connectivity index (χ0) is 39.4. The fourth-order valence-corrected chi connectivity index (χ4v) is 7.24. The van der Waals surface area contributed by atoms with Crippen molar-refractivity contribution >= 4 is 47.4 Å². The summed E-state index contributed by atoms with van der Waals surface area (Å²) in [6, 6.07) is 2.65. The molecule has 12 N–H and O–H groups in total. The molecule has 3 saturated heterocycles. The maximum atomic E-state index is 13.8. The monoisotopic (exact) mass is 757 g/mol. The van der Waals surface area contributed by atoms with Crippen LogP contribution < -0.4 is 43.3 Å². The number of nitrogens with two attached hydrogens (primary N) is 2. The summed E-state index contributed by atoms with van der Waals surface area (Å²) in [5, 5.41) is 29.1. The van der Waals surface area contributed by atoms with Gasteiger partial charge < -0.3 is 51.4 Å². The molecule has 6 atom stereocenters. The van der Waals surface area contributed by atoms with E-state index in [-0.39, 0.29) is 37.2 Å². The third-order valence-corrected chi connectivity index (χ3v) is 10.0. The van der Waals surface area contributed by atoms with Crippen LogP contribution in [-0.4, -0.2) is 143 Å². The number of carbonyl (C=O) groups excluding carboxylic acids is 7. The van der Waals surface area contributed by atoms with Gasteiger partial charge in [0.25, 0.3) is 5.91 Å². The van der Waals surface area contributed by atoms with E-state index < -0.39 is 79.0 Å². The Morgan fingerprint density at radius 1 is 0.852 bits per heavy atom. The molecule has 3 heterocycles. The number of amides is 6. The molecule has 54 heavy (non-hydrogen) atoms. The highest BCUT2D eigenvalue weighted by atomic mass is 16.4. The van der Waals surface area contributed by atoms with Gasteiger partial charge in [-0.15, -0.1) is 0 Å². The Kier molecular flexibility index (Phi) is 15.1. The first-order chi connectivity index (χ1) is 25.8. The first kappa shape index (κ1) is 41.5. The average Bonchev–Trinajstić information content (AvgIpc) is 3.95. The highest BCUT2D eigenvalue weighted by molar-refractivity contribution is 5.96. The van der Waals surface area contributed by atoms with E-state index in [2.05, 4.69) is 26.7 Å².